The molecule has 0 atom stereocenters. The topological polar surface area (TPSA) is 28.2 Å². The molecule has 2 rings (SSSR count). The zero-order valence-electron chi connectivity index (χ0n) is 10.8. The first-order valence-corrected chi connectivity index (χ1v) is 6.82. The van der Waals surface area contributed by atoms with Crippen LogP contribution in [0.3, 0.4) is 0 Å². The van der Waals surface area contributed by atoms with Gasteiger partial charge in [-0.15, -0.1) is 0 Å². The SMILES string of the molecule is CCCCCc1cccc(N2CCNCC2)n1. The molecule has 1 aliphatic heterocycles. The Morgan fingerprint density at radius 1 is 1.24 bits per heavy atom. The Bertz CT molecular complexity index is 332. The van der Waals surface area contributed by atoms with Crippen molar-refractivity contribution in [1.82, 2.24) is 10.3 Å². The zero-order valence-corrected chi connectivity index (χ0v) is 10.8. The Balaban J connectivity index is 1.95. The lowest BCUT2D eigenvalue weighted by Crippen LogP contribution is -2.43. The molecule has 3 nitrogen and oxygen atoms in total. The fourth-order valence-electron chi connectivity index (χ4n) is 2.23. The minimum atomic E-state index is 1.07. The lowest BCUT2D eigenvalue weighted by atomic mass is 10.1. The van der Waals surface area contributed by atoms with Crippen LogP contribution in [0.4, 0.5) is 5.82 Å². The molecule has 0 aliphatic carbocycles. The number of anilines is 1. The largest absolute Gasteiger partial charge is 0.354 e. The molecule has 3 heteroatoms. The first kappa shape index (κ1) is 12.4. The quantitative estimate of drug-likeness (QED) is 0.790. The number of pyridine rings is 1. The van der Waals surface area contributed by atoms with Crippen LogP contribution in [-0.2, 0) is 6.42 Å². The van der Waals surface area contributed by atoms with E-state index in [1.54, 1.807) is 0 Å². The van der Waals surface area contributed by atoms with Gasteiger partial charge in [0, 0.05) is 31.9 Å². The molecular formula is C14H23N3. The molecular weight excluding hydrogens is 210 g/mol. The van der Waals surface area contributed by atoms with E-state index in [0.717, 1.165) is 38.4 Å². The summed E-state index contributed by atoms with van der Waals surface area (Å²) < 4.78 is 0. The van der Waals surface area contributed by atoms with Gasteiger partial charge in [0.05, 0.1) is 0 Å². The Morgan fingerprint density at radius 2 is 2.06 bits per heavy atom. The molecule has 94 valence electrons. The average Bonchev–Trinajstić information content (AvgIpc) is 2.41. The molecule has 1 aromatic rings. The summed E-state index contributed by atoms with van der Waals surface area (Å²) in [4.78, 5) is 7.14. The molecule has 0 saturated carbocycles. The summed E-state index contributed by atoms with van der Waals surface area (Å²) in [7, 11) is 0. The van der Waals surface area contributed by atoms with Crippen LogP contribution in [0, 0.1) is 0 Å². The van der Waals surface area contributed by atoms with Crippen LogP contribution in [-0.4, -0.2) is 31.2 Å². The molecule has 1 aromatic heterocycles. The van der Waals surface area contributed by atoms with Crippen molar-refractivity contribution in [2.45, 2.75) is 32.6 Å². The molecule has 1 saturated heterocycles. The number of hydrogen-bond acceptors (Lipinski definition) is 3. The van der Waals surface area contributed by atoms with Crippen LogP contribution >= 0.6 is 0 Å². The Hall–Kier alpha value is -1.09. The summed E-state index contributed by atoms with van der Waals surface area (Å²) in [5, 5.41) is 3.37. The van der Waals surface area contributed by atoms with Crippen molar-refractivity contribution in [2.24, 2.45) is 0 Å². The van der Waals surface area contributed by atoms with Crippen molar-refractivity contribution < 1.29 is 0 Å². The number of aryl methyl sites for hydroxylation is 1. The van der Waals surface area contributed by atoms with Crippen LogP contribution < -0.4 is 10.2 Å². The standard InChI is InChI=1S/C14H23N3/c1-2-3-4-6-13-7-5-8-14(16-13)17-11-9-15-10-12-17/h5,7-8,15H,2-4,6,9-12H2,1H3. The van der Waals surface area contributed by atoms with Gasteiger partial charge < -0.3 is 10.2 Å². The average molecular weight is 233 g/mol. The van der Waals surface area contributed by atoms with Crippen LogP contribution in [0.5, 0.6) is 0 Å². The number of piperazine rings is 1. The summed E-state index contributed by atoms with van der Waals surface area (Å²) in [5.74, 6) is 1.15. The molecule has 0 spiro atoms. The van der Waals surface area contributed by atoms with Gasteiger partial charge in [-0.1, -0.05) is 25.8 Å². The van der Waals surface area contributed by atoms with Gasteiger partial charge in [0.25, 0.3) is 0 Å². The van der Waals surface area contributed by atoms with Crippen molar-refractivity contribution in [2.75, 3.05) is 31.1 Å². The van der Waals surface area contributed by atoms with Gasteiger partial charge in [-0.2, -0.15) is 0 Å². The van der Waals surface area contributed by atoms with E-state index in [1.165, 1.54) is 25.0 Å². The van der Waals surface area contributed by atoms with Crippen LogP contribution in [0.2, 0.25) is 0 Å². The molecule has 0 unspecified atom stereocenters. The van der Waals surface area contributed by atoms with E-state index < -0.39 is 0 Å². The highest BCUT2D eigenvalue weighted by Gasteiger charge is 2.11. The minimum absolute atomic E-state index is 1.07. The van der Waals surface area contributed by atoms with Crippen molar-refractivity contribution in [1.29, 1.82) is 0 Å². The van der Waals surface area contributed by atoms with Gasteiger partial charge in [-0.25, -0.2) is 4.98 Å². The molecule has 1 N–H and O–H groups in total. The maximum absolute atomic E-state index is 4.77. The number of rotatable bonds is 5. The summed E-state index contributed by atoms with van der Waals surface area (Å²) in [6.07, 6.45) is 4.96. The Kier molecular flexibility index (Phi) is 4.80. The smallest absolute Gasteiger partial charge is 0.128 e. The number of nitrogens with zero attached hydrogens (tertiary/aromatic N) is 2. The van der Waals surface area contributed by atoms with Gasteiger partial charge in [-0.05, 0) is 25.0 Å². The Morgan fingerprint density at radius 3 is 2.82 bits per heavy atom. The predicted octanol–water partition coefficient (Wildman–Crippen LogP) is 2.22. The molecule has 2 heterocycles. The summed E-state index contributed by atoms with van der Waals surface area (Å²) in [6, 6.07) is 6.43. The third-order valence-electron chi connectivity index (χ3n) is 3.27. The first-order chi connectivity index (χ1) is 8.40. The first-order valence-electron chi connectivity index (χ1n) is 6.82. The number of hydrogen-bond donors (Lipinski definition) is 1. The third kappa shape index (κ3) is 3.70. The third-order valence-corrected chi connectivity index (χ3v) is 3.27. The maximum Gasteiger partial charge on any atom is 0.128 e. The normalized spacial score (nSPS) is 16.2. The van der Waals surface area contributed by atoms with E-state index in [2.05, 4.69) is 35.3 Å². The van der Waals surface area contributed by atoms with Gasteiger partial charge in [-0.3, -0.25) is 0 Å². The van der Waals surface area contributed by atoms with Crippen LogP contribution in [0.1, 0.15) is 31.9 Å². The van der Waals surface area contributed by atoms with Crippen molar-refractivity contribution in [3.63, 3.8) is 0 Å². The molecule has 0 bridgehead atoms. The summed E-state index contributed by atoms with van der Waals surface area (Å²) >= 11 is 0. The van der Waals surface area contributed by atoms with Gasteiger partial charge in [0.1, 0.15) is 5.82 Å². The van der Waals surface area contributed by atoms with Crippen molar-refractivity contribution in [3.05, 3.63) is 23.9 Å². The van der Waals surface area contributed by atoms with Crippen LogP contribution in [0.25, 0.3) is 0 Å². The molecule has 17 heavy (non-hydrogen) atoms. The summed E-state index contributed by atoms with van der Waals surface area (Å²) in [5.41, 5.74) is 1.24. The highest BCUT2D eigenvalue weighted by molar-refractivity contribution is 5.39. The van der Waals surface area contributed by atoms with E-state index in [9.17, 15) is 0 Å². The molecule has 0 aromatic carbocycles. The fraction of sp³-hybridized carbons (Fsp3) is 0.643. The Labute approximate surface area is 104 Å². The molecule has 0 amide bonds. The van der Waals surface area contributed by atoms with Crippen LogP contribution in [0.15, 0.2) is 18.2 Å². The minimum Gasteiger partial charge on any atom is -0.354 e. The number of aromatic nitrogens is 1. The lowest BCUT2D eigenvalue weighted by Gasteiger charge is -2.28. The predicted molar refractivity (Wildman–Crippen MR) is 72.5 cm³/mol. The monoisotopic (exact) mass is 233 g/mol. The second kappa shape index (κ2) is 6.60. The van der Waals surface area contributed by atoms with E-state index in [4.69, 9.17) is 4.98 Å². The van der Waals surface area contributed by atoms with Gasteiger partial charge in [0.2, 0.25) is 0 Å². The van der Waals surface area contributed by atoms with Gasteiger partial charge >= 0.3 is 0 Å². The van der Waals surface area contributed by atoms with Crippen molar-refractivity contribution in [3.8, 4) is 0 Å². The number of nitrogens with one attached hydrogen (secondary N) is 1. The van der Waals surface area contributed by atoms with Gasteiger partial charge in [0.15, 0.2) is 0 Å². The number of unbranched alkanes of at least 4 members (excludes halogenated alkanes) is 2. The summed E-state index contributed by atoms with van der Waals surface area (Å²) in [6.45, 7) is 6.53. The second-order valence-corrected chi connectivity index (χ2v) is 4.68. The van der Waals surface area contributed by atoms with E-state index in [-0.39, 0.29) is 0 Å². The molecule has 0 radical (unpaired) electrons. The zero-order chi connectivity index (χ0) is 11.9. The molecule has 1 aliphatic rings. The van der Waals surface area contributed by atoms with Crippen molar-refractivity contribution >= 4 is 5.82 Å². The fourth-order valence-corrected chi connectivity index (χ4v) is 2.23. The molecule has 1 fully saturated rings. The highest BCUT2D eigenvalue weighted by Crippen LogP contribution is 2.13. The van der Waals surface area contributed by atoms with E-state index in [1.807, 2.05) is 0 Å². The van der Waals surface area contributed by atoms with E-state index in [0.29, 0.717) is 0 Å². The maximum atomic E-state index is 4.77. The highest BCUT2D eigenvalue weighted by atomic mass is 15.2. The van der Waals surface area contributed by atoms with E-state index >= 15 is 0 Å². The second-order valence-electron chi connectivity index (χ2n) is 4.68. The lowest BCUT2D eigenvalue weighted by molar-refractivity contribution is 0.583.